The largest absolute Gasteiger partial charge is 0.381 e. The van der Waals surface area contributed by atoms with Gasteiger partial charge in [0.25, 0.3) is 0 Å². The Hall–Kier alpha value is -2.93. The van der Waals surface area contributed by atoms with Crippen LogP contribution in [-0.2, 0) is 4.74 Å². The van der Waals surface area contributed by atoms with Gasteiger partial charge in [-0.3, -0.25) is 15.0 Å². The molecular weight excluding hydrogens is 340 g/mol. The van der Waals surface area contributed by atoms with Crippen LogP contribution in [0.1, 0.15) is 42.3 Å². The van der Waals surface area contributed by atoms with Gasteiger partial charge in [-0.1, -0.05) is 17.4 Å². The molecule has 3 aromatic rings. The van der Waals surface area contributed by atoms with Gasteiger partial charge in [0.1, 0.15) is 11.2 Å². The average molecular weight is 360 g/mol. The fourth-order valence-corrected chi connectivity index (χ4v) is 3.62. The maximum absolute atomic E-state index is 5.46. The minimum atomic E-state index is 0.367. The lowest BCUT2D eigenvalue weighted by atomic mass is 10.1. The first-order valence-corrected chi connectivity index (χ1v) is 9.28. The first kappa shape index (κ1) is 16.3. The van der Waals surface area contributed by atoms with Gasteiger partial charge >= 0.3 is 0 Å². The van der Waals surface area contributed by atoms with Crippen LogP contribution < -0.4 is 0 Å². The van der Waals surface area contributed by atoms with Crippen LogP contribution in [0.4, 0.5) is 0 Å². The molecule has 27 heavy (non-hydrogen) atoms. The van der Waals surface area contributed by atoms with E-state index in [1.165, 1.54) is 0 Å². The van der Waals surface area contributed by atoms with E-state index in [1.807, 2.05) is 11.6 Å². The van der Waals surface area contributed by atoms with E-state index < -0.39 is 0 Å². The molecule has 7 heteroatoms. The number of benzene rings is 1. The molecule has 2 aliphatic heterocycles. The number of aromatic nitrogens is 5. The molecule has 2 aromatic heterocycles. The number of allylic oxidation sites excluding steroid dienone is 1. The fraction of sp³-hybridized carbons (Fsp3) is 0.350. The summed E-state index contributed by atoms with van der Waals surface area (Å²) in [5.74, 6) is 0. The molecule has 1 saturated heterocycles. The van der Waals surface area contributed by atoms with Crippen LogP contribution in [0, 0.1) is 6.92 Å². The zero-order valence-corrected chi connectivity index (χ0v) is 15.2. The number of rotatable bonds is 3. The number of hydrogen-bond acceptors (Lipinski definition) is 6. The van der Waals surface area contributed by atoms with Crippen molar-refractivity contribution >= 4 is 22.4 Å². The van der Waals surface area contributed by atoms with Gasteiger partial charge in [-0.15, -0.1) is 5.10 Å². The first-order chi connectivity index (χ1) is 13.3. The van der Waals surface area contributed by atoms with E-state index in [9.17, 15) is 0 Å². The summed E-state index contributed by atoms with van der Waals surface area (Å²) in [6.45, 7) is 3.51. The normalized spacial score (nSPS) is 18.0. The summed E-state index contributed by atoms with van der Waals surface area (Å²) in [5, 5.41) is 8.79. The first-order valence-electron chi connectivity index (χ1n) is 9.28. The second-order valence-corrected chi connectivity index (χ2v) is 6.98. The van der Waals surface area contributed by atoms with E-state index in [0.29, 0.717) is 6.04 Å². The van der Waals surface area contributed by atoms with Crippen molar-refractivity contribution in [3.8, 4) is 0 Å². The van der Waals surface area contributed by atoms with Crippen molar-refractivity contribution in [1.82, 2.24) is 25.0 Å². The molecule has 1 fully saturated rings. The van der Waals surface area contributed by atoms with E-state index in [2.05, 4.69) is 44.6 Å². The summed E-state index contributed by atoms with van der Waals surface area (Å²) < 4.78 is 7.50. The quantitative estimate of drug-likeness (QED) is 0.717. The lowest BCUT2D eigenvalue weighted by Gasteiger charge is -2.22. The lowest BCUT2D eigenvalue weighted by Crippen LogP contribution is -2.20. The van der Waals surface area contributed by atoms with Crippen molar-refractivity contribution in [3.63, 3.8) is 0 Å². The Morgan fingerprint density at radius 2 is 2.00 bits per heavy atom. The molecule has 5 rings (SSSR count). The second kappa shape index (κ2) is 6.66. The van der Waals surface area contributed by atoms with Crippen LogP contribution in [0.25, 0.3) is 16.7 Å². The smallest absolute Gasteiger partial charge is 0.113 e. The molecule has 1 aromatic carbocycles. The molecule has 0 aliphatic carbocycles. The van der Waals surface area contributed by atoms with E-state index in [4.69, 9.17) is 9.73 Å². The average Bonchev–Trinajstić information content (AvgIpc) is 3.36. The topological polar surface area (TPSA) is 78.1 Å². The Morgan fingerprint density at radius 3 is 2.81 bits per heavy atom. The van der Waals surface area contributed by atoms with Crippen molar-refractivity contribution in [2.75, 3.05) is 13.2 Å². The third kappa shape index (κ3) is 3.04. The summed E-state index contributed by atoms with van der Waals surface area (Å²) in [7, 11) is 0. The molecule has 0 atom stereocenters. The molecule has 0 saturated carbocycles. The number of hydrogen-bond donors (Lipinski definition) is 0. The van der Waals surface area contributed by atoms with Crippen molar-refractivity contribution in [2.45, 2.75) is 32.2 Å². The highest BCUT2D eigenvalue weighted by atomic mass is 16.5. The molecular formula is C20H20N6O. The van der Waals surface area contributed by atoms with Crippen molar-refractivity contribution in [2.24, 2.45) is 4.99 Å². The predicted molar refractivity (Wildman–Crippen MR) is 103 cm³/mol. The Morgan fingerprint density at radius 1 is 1.11 bits per heavy atom. The molecule has 0 unspecified atom stereocenters. The van der Waals surface area contributed by atoms with Gasteiger partial charge in [0.05, 0.1) is 34.9 Å². The molecule has 0 bridgehead atoms. The van der Waals surface area contributed by atoms with Gasteiger partial charge in [-0.05, 0) is 37.5 Å². The van der Waals surface area contributed by atoms with E-state index >= 15 is 0 Å². The van der Waals surface area contributed by atoms with Gasteiger partial charge in [-0.2, -0.15) is 0 Å². The van der Waals surface area contributed by atoms with Crippen LogP contribution in [0.5, 0.6) is 0 Å². The summed E-state index contributed by atoms with van der Waals surface area (Å²) in [4.78, 5) is 13.5. The molecule has 0 spiro atoms. The number of aryl methyl sites for hydroxylation is 1. The standard InChI is InChI=1S/C20H20N6O/c1-13-11-22-19(12-21-13)17-4-3-16(23-17)14-2-5-20-18(10-14)24-25-26(20)15-6-8-27-9-7-15/h2,4-5,10-12,15H,3,6-9H2,1H3. The molecule has 7 nitrogen and oxygen atoms in total. The zero-order chi connectivity index (χ0) is 18.2. The molecule has 4 heterocycles. The summed E-state index contributed by atoms with van der Waals surface area (Å²) in [6.07, 6.45) is 8.39. The number of ether oxygens (including phenoxy) is 1. The molecule has 0 amide bonds. The van der Waals surface area contributed by atoms with E-state index in [-0.39, 0.29) is 0 Å². The third-order valence-electron chi connectivity index (χ3n) is 5.13. The summed E-state index contributed by atoms with van der Waals surface area (Å²) in [6, 6.07) is 6.66. The highest BCUT2D eigenvalue weighted by molar-refractivity contribution is 6.08. The third-order valence-corrected chi connectivity index (χ3v) is 5.13. The molecule has 2 aliphatic rings. The number of aliphatic imine (C=N–C) groups is 1. The lowest BCUT2D eigenvalue weighted by molar-refractivity contribution is 0.0669. The van der Waals surface area contributed by atoms with Gasteiger partial charge < -0.3 is 4.74 Å². The van der Waals surface area contributed by atoms with Crippen LogP contribution in [0.3, 0.4) is 0 Å². The SMILES string of the molecule is Cc1cnc(C2=CCC(c3ccc4c(c3)nnn4C3CCOCC3)=N2)cn1. The Balaban J connectivity index is 1.43. The second-order valence-electron chi connectivity index (χ2n) is 6.98. The van der Waals surface area contributed by atoms with Crippen molar-refractivity contribution in [1.29, 1.82) is 0 Å². The Labute approximate surface area is 156 Å². The fourth-order valence-electron chi connectivity index (χ4n) is 3.62. The van der Waals surface area contributed by atoms with Crippen molar-refractivity contribution < 1.29 is 4.74 Å². The van der Waals surface area contributed by atoms with Gasteiger partial charge in [0.2, 0.25) is 0 Å². The van der Waals surface area contributed by atoms with Crippen LogP contribution >= 0.6 is 0 Å². The van der Waals surface area contributed by atoms with Gasteiger partial charge in [-0.25, -0.2) is 4.68 Å². The predicted octanol–water partition coefficient (Wildman–Crippen LogP) is 3.12. The van der Waals surface area contributed by atoms with Crippen molar-refractivity contribution in [3.05, 3.63) is 53.6 Å². The minimum absolute atomic E-state index is 0.367. The van der Waals surface area contributed by atoms with E-state index in [0.717, 1.165) is 71.9 Å². The Bertz CT molecular complexity index is 1040. The van der Waals surface area contributed by atoms with Crippen LogP contribution in [-0.4, -0.2) is 43.9 Å². The number of nitrogens with zero attached hydrogens (tertiary/aromatic N) is 6. The Kier molecular flexibility index (Phi) is 4.01. The maximum atomic E-state index is 5.46. The molecule has 136 valence electrons. The van der Waals surface area contributed by atoms with Gasteiger partial charge in [0.15, 0.2) is 0 Å². The van der Waals surface area contributed by atoms with E-state index in [1.54, 1.807) is 12.4 Å². The van der Waals surface area contributed by atoms with Crippen LogP contribution in [0.15, 0.2) is 41.7 Å². The maximum Gasteiger partial charge on any atom is 0.113 e. The monoisotopic (exact) mass is 360 g/mol. The number of fused-ring (bicyclic) bond motifs is 1. The highest BCUT2D eigenvalue weighted by Gasteiger charge is 2.20. The summed E-state index contributed by atoms with van der Waals surface area (Å²) in [5.41, 5.74) is 6.67. The summed E-state index contributed by atoms with van der Waals surface area (Å²) >= 11 is 0. The molecule has 0 N–H and O–H groups in total. The zero-order valence-electron chi connectivity index (χ0n) is 15.2. The van der Waals surface area contributed by atoms with Crippen LogP contribution in [0.2, 0.25) is 0 Å². The minimum Gasteiger partial charge on any atom is -0.381 e. The highest BCUT2D eigenvalue weighted by Crippen LogP contribution is 2.27. The van der Waals surface area contributed by atoms with Gasteiger partial charge in [0, 0.05) is 25.8 Å². The molecule has 0 radical (unpaired) electrons.